The standard InChI is InChI=1S/C17H12F7N3O4S2/c18-15(19)16(20,21)7-30-10-4-9(5-11(6-10)31-8-17(22,23)24)27-33(28,29)13-3-1-2-12-14(13)26-32-25-12/h1-6,15,27H,7-8H2. The van der Waals surface area contributed by atoms with Gasteiger partial charge in [0.1, 0.15) is 27.4 Å². The van der Waals surface area contributed by atoms with Crippen molar-refractivity contribution in [2.75, 3.05) is 17.9 Å². The van der Waals surface area contributed by atoms with E-state index in [9.17, 15) is 39.2 Å². The molecule has 7 nitrogen and oxygen atoms in total. The van der Waals surface area contributed by atoms with Crippen LogP contribution in [0.5, 0.6) is 11.5 Å². The molecule has 1 aromatic heterocycles. The van der Waals surface area contributed by atoms with Crippen LogP contribution < -0.4 is 14.2 Å². The maximum Gasteiger partial charge on any atom is 0.422 e. The molecule has 1 N–H and O–H groups in total. The molecule has 0 fully saturated rings. The fourth-order valence-electron chi connectivity index (χ4n) is 2.41. The first kappa shape index (κ1) is 24.8. The lowest BCUT2D eigenvalue weighted by Gasteiger charge is -2.18. The summed E-state index contributed by atoms with van der Waals surface area (Å²) in [7, 11) is -4.39. The van der Waals surface area contributed by atoms with Crippen molar-refractivity contribution in [3.05, 3.63) is 36.4 Å². The van der Waals surface area contributed by atoms with Gasteiger partial charge in [0.2, 0.25) is 0 Å². The first-order valence-corrected chi connectivity index (χ1v) is 10.9. The van der Waals surface area contributed by atoms with Crippen LogP contribution in [0.15, 0.2) is 41.3 Å². The van der Waals surface area contributed by atoms with Crippen molar-refractivity contribution in [3.8, 4) is 11.5 Å². The van der Waals surface area contributed by atoms with Crippen molar-refractivity contribution in [3.63, 3.8) is 0 Å². The smallest absolute Gasteiger partial charge is 0.422 e. The number of halogens is 7. The van der Waals surface area contributed by atoms with E-state index in [0.29, 0.717) is 0 Å². The van der Waals surface area contributed by atoms with E-state index in [-0.39, 0.29) is 15.9 Å². The third-order valence-corrected chi connectivity index (χ3v) is 5.78. The minimum Gasteiger partial charge on any atom is -0.487 e. The molecule has 0 amide bonds. The predicted octanol–water partition coefficient (Wildman–Crippen LogP) is 4.71. The summed E-state index contributed by atoms with van der Waals surface area (Å²) in [6.45, 7) is -3.61. The van der Waals surface area contributed by atoms with Gasteiger partial charge in [-0.2, -0.15) is 30.7 Å². The second-order valence-corrected chi connectivity index (χ2v) is 8.62. The Balaban J connectivity index is 1.92. The Morgan fingerprint density at radius 3 is 2.21 bits per heavy atom. The summed E-state index contributed by atoms with van der Waals surface area (Å²) in [6, 6.07) is 6.44. The maximum atomic E-state index is 13.2. The third-order valence-electron chi connectivity index (χ3n) is 3.82. The monoisotopic (exact) mass is 519 g/mol. The molecule has 0 saturated heterocycles. The molecule has 0 unspecified atom stereocenters. The molecule has 0 radical (unpaired) electrons. The Kier molecular flexibility index (Phi) is 6.88. The summed E-state index contributed by atoms with van der Waals surface area (Å²) in [5.41, 5.74) is -0.152. The summed E-state index contributed by atoms with van der Waals surface area (Å²) in [4.78, 5) is -0.318. The molecule has 0 aliphatic rings. The second-order valence-electron chi connectivity index (χ2n) is 6.44. The number of benzene rings is 2. The van der Waals surface area contributed by atoms with Crippen LogP contribution in [0.3, 0.4) is 0 Å². The molecule has 16 heteroatoms. The molecule has 0 atom stereocenters. The number of hydrogen-bond donors (Lipinski definition) is 1. The Labute approximate surface area is 185 Å². The van der Waals surface area contributed by atoms with E-state index in [1.54, 1.807) is 0 Å². The zero-order valence-corrected chi connectivity index (χ0v) is 17.6. The highest BCUT2D eigenvalue weighted by molar-refractivity contribution is 7.93. The topological polar surface area (TPSA) is 90.4 Å². The lowest BCUT2D eigenvalue weighted by molar-refractivity contribution is -0.153. The molecule has 1 heterocycles. The predicted molar refractivity (Wildman–Crippen MR) is 103 cm³/mol. The van der Waals surface area contributed by atoms with Crippen LogP contribution in [-0.4, -0.2) is 48.9 Å². The van der Waals surface area contributed by atoms with E-state index in [1.807, 2.05) is 4.72 Å². The largest absolute Gasteiger partial charge is 0.487 e. The Hall–Kier alpha value is -2.88. The number of sulfonamides is 1. The van der Waals surface area contributed by atoms with Gasteiger partial charge >= 0.3 is 18.5 Å². The molecular formula is C17H12F7N3O4S2. The molecular weight excluding hydrogens is 507 g/mol. The number of nitrogens with zero attached hydrogens (tertiary/aromatic N) is 2. The van der Waals surface area contributed by atoms with Gasteiger partial charge in [0.15, 0.2) is 13.2 Å². The zero-order chi connectivity index (χ0) is 24.4. The van der Waals surface area contributed by atoms with Gasteiger partial charge in [-0.25, -0.2) is 17.2 Å². The number of ether oxygens (including phenoxy) is 2. The number of aromatic nitrogens is 2. The van der Waals surface area contributed by atoms with Gasteiger partial charge in [0.25, 0.3) is 10.0 Å². The van der Waals surface area contributed by atoms with E-state index in [0.717, 1.165) is 29.9 Å². The number of anilines is 1. The summed E-state index contributed by atoms with van der Waals surface area (Å²) in [5, 5.41) is 0. The lowest BCUT2D eigenvalue weighted by atomic mass is 10.3. The SMILES string of the molecule is O=S(=O)(Nc1cc(OCC(F)(F)F)cc(OCC(F)(F)C(F)F)c1)c1cccc2nsnc12. The van der Waals surface area contributed by atoms with Crippen LogP contribution in [0, 0.1) is 0 Å². The van der Waals surface area contributed by atoms with Crippen LogP contribution in [-0.2, 0) is 10.0 Å². The summed E-state index contributed by atoms with van der Waals surface area (Å²) in [5.74, 6) is -5.81. The molecule has 2 aromatic carbocycles. The highest BCUT2D eigenvalue weighted by Gasteiger charge is 2.41. The highest BCUT2D eigenvalue weighted by atomic mass is 32.2. The average Bonchev–Trinajstić information content (AvgIpc) is 3.18. The highest BCUT2D eigenvalue weighted by Crippen LogP contribution is 2.32. The quantitative estimate of drug-likeness (QED) is 0.412. The minimum atomic E-state index is -4.77. The van der Waals surface area contributed by atoms with Gasteiger partial charge < -0.3 is 9.47 Å². The summed E-state index contributed by atoms with van der Waals surface area (Å²) >= 11 is 0.743. The van der Waals surface area contributed by atoms with Gasteiger partial charge in [-0.1, -0.05) is 6.07 Å². The Bertz CT molecular complexity index is 1230. The first-order valence-electron chi connectivity index (χ1n) is 8.64. The fraction of sp³-hybridized carbons (Fsp3) is 0.294. The van der Waals surface area contributed by atoms with Crippen LogP contribution in [0.2, 0.25) is 0 Å². The summed E-state index contributed by atoms with van der Waals surface area (Å²) < 4.78 is 133. The van der Waals surface area contributed by atoms with E-state index in [1.165, 1.54) is 18.2 Å². The van der Waals surface area contributed by atoms with Crippen LogP contribution >= 0.6 is 11.7 Å². The minimum absolute atomic E-state index is 0.0209. The van der Waals surface area contributed by atoms with E-state index in [2.05, 4.69) is 18.2 Å². The molecule has 0 spiro atoms. The maximum absolute atomic E-state index is 13.2. The van der Waals surface area contributed by atoms with Crippen molar-refractivity contribution in [2.45, 2.75) is 23.4 Å². The van der Waals surface area contributed by atoms with Crippen LogP contribution in [0.25, 0.3) is 11.0 Å². The molecule has 0 saturated carbocycles. The Morgan fingerprint density at radius 1 is 0.970 bits per heavy atom. The van der Waals surface area contributed by atoms with Gasteiger partial charge in [-0.05, 0) is 12.1 Å². The third kappa shape index (κ3) is 6.34. The van der Waals surface area contributed by atoms with E-state index in [4.69, 9.17) is 0 Å². The zero-order valence-electron chi connectivity index (χ0n) is 15.9. The molecule has 0 aliphatic carbocycles. The average molecular weight is 519 g/mol. The van der Waals surface area contributed by atoms with Crippen molar-refractivity contribution in [1.82, 2.24) is 8.75 Å². The first-order chi connectivity index (χ1) is 15.3. The number of nitrogens with one attached hydrogen (secondary N) is 1. The number of hydrogen-bond acceptors (Lipinski definition) is 7. The molecule has 3 aromatic rings. The van der Waals surface area contributed by atoms with E-state index >= 15 is 0 Å². The van der Waals surface area contributed by atoms with Crippen molar-refractivity contribution < 1.29 is 48.6 Å². The summed E-state index contributed by atoms with van der Waals surface area (Å²) in [6.07, 6.45) is -8.83. The number of rotatable bonds is 9. The lowest BCUT2D eigenvalue weighted by Crippen LogP contribution is -2.33. The van der Waals surface area contributed by atoms with Gasteiger partial charge in [0, 0.05) is 18.2 Å². The molecule has 0 aliphatic heterocycles. The molecule has 33 heavy (non-hydrogen) atoms. The molecule has 3 rings (SSSR count). The van der Waals surface area contributed by atoms with Crippen molar-refractivity contribution in [2.24, 2.45) is 0 Å². The van der Waals surface area contributed by atoms with Gasteiger partial charge in [0.05, 0.1) is 17.4 Å². The van der Waals surface area contributed by atoms with Crippen LogP contribution in [0.4, 0.5) is 36.4 Å². The number of fused-ring (bicyclic) bond motifs is 1. The van der Waals surface area contributed by atoms with Gasteiger partial charge in [-0.3, -0.25) is 4.72 Å². The Morgan fingerprint density at radius 2 is 1.61 bits per heavy atom. The van der Waals surface area contributed by atoms with Crippen molar-refractivity contribution >= 4 is 38.5 Å². The van der Waals surface area contributed by atoms with Crippen molar-refractivity contribution in [1.29, 1.82) is 0 Å². The molecule has 0 bridgehead atoms. The molecule has 180 valence electrons. The fourth-order valence-corrected chi connectivity index (χ4v) is 4.22. The van der Waals surface area contributed by atoms with E-state index < -0.39 is 58.9 Å². The van der Waals surface area contributed by atoms with Crippen LogP contribution in [0.1, 0.15) is 0 Å². The number of alkyl halides is 7. The second kappa shape index (κ2) is 9.17. The normalized spacial score (nSPS) is 12.8. The van der Waals surface area contributed by atoms with Gasteiger partial charge in [-0.15, -0.1) is 0 Å².